The third-order valence-electron chi connectivity index (χ3n) is 7.40. The molecule has 200 valence electrons. The van der Waals surface area contributed by atoms with Crippen molar-refractivity contribution in [3.63, 3.8) is 0 Å². The number of nitrogens with one attached hydrogen (secondary N) is 1. The van der Waals surface area contributed by atoms with Gasteiger partial charge in [-0.05, 0) is 54.8 Å². The molecule has 2 aliphatic heterocycles. The Bertz CT molecular complexity index is 1140. The number of halogens is 6. The maximum absolute atomic E-state index is 13.5. The van der Waals surface area contributed by atoms with Crippen molar-refractivity contribution in [1.29, 1.82) is 0 Å². The molecular weight excluding hydrogens is 494 g/mol. The van der Waals surface area contributed by atoms with Crippen molar-refractivity contribution in [2.45, 2.75) is 38.2 Å². The molecule has 2 aromatic carbocycles. The number of likely N-dealkylation sites (tertiary alicyclic amines) is 1. The molecule has 1 saturated heterocycles. The van der Waals surface area contributed by atoms with E-state index in [9.17, 15) is 26.3 Å². The average Bonchev–Trinajstić information content (AvgIpc) is 2.86. The quantitative estimate of drug-likeness (QED) is 0.229. The minimum absolute atomic E-state index is 0.0493. The normalized spacial score (nSPS) is 22.0. The predicted molar refractivity (Wildman–Crippen MR) is 132 cm³/mol. The molecule has 37 heavy (non-hydrogen) atoms. The van der Waals surface area contributed by atoms with Crippen LogP contribution in [-0.2, 0) is 18.9 Å². The number of ether oxygens (including phenoxy) is 1. The molecule has 0 bridgehead atoms. The van der Waals surface area contributed by atoms with Gasteiger partial charge in [0.25, 0.3) is 0 Å². The van der Waals surface area contributed by atoms with Gasteiger partial charge in [-0.3, -0.25) is 0 Å². The minimum atomic E-state index is -4.87. The Hall–Kier alpha value is -2.94. The Labute approximate surface area is 213 Å². The summed E-state index contributed by atoms with van der Waals surface area (Å²) in [4.78, 5) is 0. The van der Waals surface area contributed by atoms with Gasteiger partial charge in [-0.15, -0.1) is 6.58 Å². The summed E-state index contributed by atoms with van der Waals surface area (Å²) >= 11 is 0. The summed E-state index contributed by atoms with van der Waals surface area (Å²) in [7, 11) is 1.59. The first kappa shape index (κ1) is 27.1. The molecule has 2 atom stereocenters. The summed E-state index contributed by atoms with van der Waals surface area (Å²) in [5.74, 6) is 0.863. The highest BCUT2D eigenvalue weighted by atomic mass is 19.4. The summed E-state index contributed by atoms with van der Waals surface area (Å²) in [6.45, 7) is 6.53. The Morgan fingerprint density at radius 2 is 1.76 bits per heavy atom. The van der Waals surface area contributed by atoms with E-state index in [1.807, 2.05) is 24.3 Å². The molecule has 2 heterocycles. The van der Waals surface area contributed by atoms with Crippen LogP contribution in [0.25, 0.3) is 5.57 Å². The first-order valence-electron chi connectivity index (χ1n) is 12.3. The van der Waals surface area contributed by atoms with Gasteiger partial charge in [0.05, 0.1) is 37.9 Å². The third kappa shape index (κ3) is 6.32. The van der Waals surface area contributed by atoms with Crippen molar-refractivity contribution in [2.24, 2.45) is 5.92 Å². The molecule has 2 unspecified atom stereocenters. The molecule has 2 aliphatic rings. The summed E-state index contributed by atoms with van der Waals surface area (Å²) in [5, 5.41) is 3.32. The van der Waals surface area contributed by atoms with Gasteiger partial charge in [0.2, 0.25) is 0 Å². The van der Waals surface area contributed by atoms with Gasteiger partial charge in [0, 0.05) is 35.7 Å². The molecule has 2 aromatic rings. The molecule has 0 aromatic heterocycles. The molecule has 0 radical (unpaired) electrons. The number of hydrogen-bond donors (Lipinski definition) is 1. The van der Waals surface area contributed by atoms with Crippen LogP contribution in [-0.4, -0.2) is 37.8 Å². The lowest BCUT2D eigenvalue weighted by Gasteiger charge is -2.44. The molecule has 0 spiro atoms. The molecule has 3 nitrogen and oxygen atoms in total. The van der Waals surface area contributed by atoms with Crippen molar-refractivity contribution in [1.82, 2.24) is 0 Å². The summed E-state index contributed by atoms with van der Waals surface area (Å²) in [6, 6.07) is 7.70. The SMILES string of the molecule is C=CC1CCC[N+](CCC2=CCNc3ccc(OC)cc32)(Cc2cc(C(F)(F)F)cc(C(F)(F)F)c2)C1. The van der Waals surface area contributed by atoms with E-state index in [2.05, 4.69) is 18.0 Å². The van der Waals surface area contributed by atoms with E-state index in [-0.39, 0.29) is 24.1 Å². The molecule has 1 N–H and O–H groups in total. The number of benzene rings is 2. The second-order valence-electron chi connectivity index (χ2n) is 9.95. The Kier molecular flexibility index (Phi) is 7.65. The van der Waals surface area contributed by atoms with E-state index in [1.54, 1.807) is 7.11 Å². The molecular formula is C28H31F6N2O+. The largest absolute Gasteiger partial charge is 0.497 e. The van der Waals surface area contributed by atoms with Crippen molar-refractivity contribution < 1.29 is 35.6 Å². The van der Waals surface area contributed by atoms with Crippen LogP contribution in [0, 0.1) is 5.92 Å². The number of anilines is 1. The lowest BCUT2D eigenvalue weighted by molar-refractivity contribution is -0.947. The van der Waals surface area contributed by atoms with Crippen LogP contribution in [0.2, 0.25) is 0 Å². The fourth-order valence-corrected chi connectivity index (χ4v) is 5.54. The van der Waals surface area contributed by atoms with Gasteiger partial charge in [0.1, 0.15) is 12.3 Å². The second-order valence-corrected chi connectivity index (χ2v) is 9.95. The zero-order valence-corrected chi connectivity index (χ0v) is 20.7. The van der Waals surface area contributed by atoms with Gasteiger partial charge < -0.3 is 14.5 Å². The first-order chi connectivity index (χ1) is 17.4. The maximum atomic E-state index is 13.5. The Balaban J connectivity index is 1.67. The smallest absolute Gasteiger partial charge is 0.416 e. The van der Waals surface area contributed by atoms with Crippen molar-refractivity contribution in [3.8, 4) is 5.75 Å². The fraction of sp³-hybridized carbons (Fsp3) is 0.429. The average molecular weight is 526 g/mol. The molecule has 1 fully saturated rings. The number of piperidine rings is 1. The number of fused-ring (bicyclic) bond motifs is 1. The van der Waals surface area contributed by atoms with E-state index < -0.39 is 23.5 Å². The van der Waals surface area contributed by atoms with E-state index in [4.69, 9.17) is 4.74 Å². The van der Waals surface area contributed by atoms with Gasteiger partial charge in [-0.2, -0.15) is 26.3 Å². The predicted octanol–water partition coefficient (Wildman–Crippen LogP) is 7.54. The van der Waals surface area contributed by atoms with Crippen LogP contribution >= 0.6 is 0 Å². The molecule has 4 rings (SSSR count). The molecule has 0 amide bonds. The molecule has 9 heteroatoms. The van der Waals surface area contributed by atoms with Gasteiger partial charge >= 0.3 is 12.4 Å². The zero-order valence-electron chi connectivity index (χ0n) is 20.7. The lowest BCUT2D eigenvalue weighted by Crippen LogP contribution is -2.53. The molecule has 0 saturated carbocycles. The summed E-state index contributed by atoms with van der Waals surface area (Å²) < 4.78 is 86.8. The Morgan fingerprint density at radius 1 is 1.05 bits per heavy atom. The van der Waals surface area contributed by atoms with Crippen LogP contribution in [0.5, 0.6) is 5.75 Å². The highest BCUT2D eigenvalue weighted by Gasteiger charge is 2.39. The van der Waals surface area contributed by atoms with Crippen LogP contribution in [0.1, 0.15) is 41.5 Å². The van der Waals surface area contributed by atoms with Gasteiger partial charge in [-0.25, -0.2) is 0 Å². The zero-order chi connectivity index (χ0) is 26.8. The van der Waals surface area contributed by atoms with Crippen LogP contribution < -0.4 is 10.1 Å². The van der Waals surface area contributed by atoms with Crippen molar-refractivity contribution in [2.75, 3.05) is 38.6 Å². The fourth-order valence-electron chi connectivity index (χ4n) is 5.54. The number of rotatable bonds is 7. The monoisotopic (exact) mass is 525 g/mol. The molecule has 0 aliphatic carbocycles. The Morgan fingerprint density at radius 3 is 2.38 bits per heavy atom. The summed E-state index contributed by atoms with van der Waals surface area (Å²) in [5.41, 5.74) is 0.573. The van der Waals surface area contributed by atoms with Crippen LogP contribution in [0.3, 0.4) is 0 Å². The number of nitrogens with zero attached hydrogens (tertiary/aromatic N) is 1. The number of quaternary nitrogens is 1. The standard InChI is InChI=1S/C28H31F6N2O/c1-3-19-5-4-11-36(17-19,12-9-21-8-10-35-26-7-6-24(37-2)16-25(21)26)18-20-13-22(27(29,30)31)15-23(14-20)28(32,33)34/h3,6-8,13-16,19,35H,1,4-5,9-12,17-18H2,2H3/q+1. The van der Waals surface area contributed by atoms with Gasteiger partial charge in [-0.1, -0.05) is 12.2 Å². The third-order valence-corrected chi connectivity index (χ3v) is 7.40. The highest BCUT2D eigenvalue weighted by Crippen LogP contribution is 2.39. The second kappa shape index (κ2) is 10.4. The number of methoxy groups -OCH3 is 1. The first-order valence-corrected chi connectivity index (χ1v) is 12.3. The van der Waals surface area contributed by atoms with Crippen molar-refractivity contribution >= 4 is 11.3 Å². The highest BCUT2D eigenvalue weighted by molar-refractivity contribution is 5.80. The van der Waals surface area contributed by atoms with E-state index in [0.29, 0.717) is 42.8 Å². The van der Waals surface area contributed by atoms with E-state index in [0.717, 1.165) is 41.8 Å². The van der Waals surface area contributed by atoms with E-state index in [1.165, 1.54) is 0 Å². The van der Waals surface area contributed by atoms with Crippen LogP contribution in [0.4, 0.5) is 32.0 Å². The summed E-state index contributed by atoms with van der Waals surface area (Å²) in [6.07, 6.45) is -3.43. The maximum Gasteiger partial charge on any atom is 0.416 e. The topological polar surface area (TPSA) is 21.3 Å². The van der Waals surface area contributed by atoms with Crippen molar-refractivity contribution in [3.05, 3.63) is 77.4 Å². The number of alkyl halides is 6. The van der Waals surface area contributed by atoms with Gasteiger partial charge in [0.15, 0.2) is 0 Å². The number of hydrogen-bond acceptors (Lipinski definition) is 2. The lowest BCUT2D eigenvalue weighted by atomic mass is 9.92. The minimum Gasteiger partial charge on any atom is -0.497 e. The van der Waals surface area contributed by atoms with E-state index >= 15 is 0 Å². The van der Waals surface area contributed by atoms with Crippen LogP contribution in [0.15, 0.2) is 55.1 Å².